The molecule has 0 spiro atoms. The maximum absolute atomic E-state index is 12.2. The van der Waals surface area contributed by atoms with Gasteiger partial charge < -0.3 is 10.6 Å². The molecular formula is C14H19BrN2O. The first-order valence-electron chi connectivity index (χ1n) is 6.44. The van der Waals surface area contributed by atoms with E-state index in [-0.39, 0.29) is 11.8 Å². The third-order valence-corrected chi connectivity index (χ3v) is 4.23. The van der Waals surface area contributed by atoms with E-state index in [1.54, 1.807) is 0 Å². The van der Waals surface area contributed by atoms with Gasteiger partial charge in [-0.25, -0.2) is 0 Å². The van der Waals surface area contributed by atoms with Gasteiger partial charge in [0.25, 0.3) is 0 Å². The van der Waals surface area contributed by atoms with Crippen molar-refractivity contribution >= 4 is 21.8 Å². The highest BCUT2D eigenvalue weighted by molar-refractivity contribution is 9.10. The number of rotatable bonds is 4. The van der Waals surface area contributed by atoms with Gasteiger partial charge in [-0.15, -0.1) is 0 Å². The summed E-state index contributed by atoms with van der Waals surface area (Å²) < 4.78 is 1.04. The molecule has 1 atom stereocenters. The van der Waals surface area contributed by atoms with Gasteiger partial charge in [-0.05, 0) is 31.0 Å². The number of likely N-dealkylation sites (tertiary alicyclic amines) is 1. The van der Waals surface area contributed by atoms with Gasteiger partial charge in [0.2, 0.25) is 5.91 Å². The van der Waals surface area contributed by atoms with E-state index in [4.69, 9.17) is 5.73 Å². The number of nitrogens with zero attached hydrogens (tertiary/aromatic N) is 1. The Labute approximate surface area is 116 Å². The number of benzene rings is 1. The van der Waals surface area contributed by atoms with Gasteiger partial charge in [-0.3, -0.25) is 4.79 Å². The smallest absolute Gasteiger partial charge is 0.223 e. The van der Waals surface area contributed by atoms with Crippen molar-refractivity contribution in [2.45, 2.75) is 25.2 Å². The van der Waals surface area contributed by atoms with Crippen molar-refractivity contribution in [3.05, 3.63) is 34.3 Å². The molecule has 1 aromatic carbocycles. The first kappa shape index (κ1) is 13.6. The zero-order chi connectivity index (χ0) is 13.0. The zero-order valence-corrected chi connectivity index (χ0v) is 12.0. The lowest BCUT2D eigenvalue weighted by Gasteiger charge is -2.21. The lowest BCUT2D eigenvalue weighted by atomic mass is 9.95. The Hall–Kier alpha value is -0.870. The highest BCUT2D eigenvalue weighted by Crippen LogP contribution is 2.27. The quantitative estimate of drug-likeness (QED) is 0.929. The van der Waals surface area contributed by atoms with Crippen LogP contribution in [-0.2, 0) is 4.79 Å². The van der Waals surface area contributed by atoms with E-state index < -0.39 is 0 Å². The number of amides is 1. The van der Waals surface area contributed by atoms with Crippen LogP contribution in [0.3, 0.4) is 0 Å². The Morgan fingerprint density at radius 3 is 2.61 bits per heavy atom. The minimum Gasteiger partial charge on any atom is -0.343 e. The summed E-state index contributed by atoms with van der Waals surface area (Å²) in [5.41, 5.74) is 6.96. The van der Waals surface area contributed by atoms with Crippen LogP contribution in [0, 0.1) is 0 Å². The number of carbonyl (C=O) groups is 1. The Bertz CT molecular complexity index is 416. The topological polar surface area (TPSA) is 46.3 Å². The fourth-order valence-electron chi connectivity index (χ4n) is 2.43. The number of hydrogen-bond donors (Lipinski definition) is 1. The maximum atomic E-state index is 12.2. The Morgan fingerprint density at radius 1 is 1.33 bits per heavy atom. The van der Waals surface area contributed by atoms with E-state index in [0.29, 0.717) is 13.0 Å². The van der Waals surface area contributed by atoms with Crippen LogP contribution < -0.4 is 5.73 Å². The molecule has 0 aromatic heterocycles. The van der Waals surface area contributed by atoms with Crippen molar-refractivity contribution in [2.24, 2.45) is 5.73 Å². The van der Waals surface area contributed by atoms with Crippen molar-refractivity contribution < 1.29 is 4.79 Å². The predicted octanol–water partition coefficient (Wildman–Crippen LogP) is 2.50. The van der Waals surface area contributed by atoms with Crippen LogP contribution in [-0.4, -0.2) is 30.4 Å². The second-order valence-electron chi connectivity index (χ2n) is 4.75. The fourth-order valence-corrected chi connectivity index (χ4v) is 3.04. The normalized spacial score (nSPS) is 16.9. The van der Waals surface area contributed by atoms with E-state index in [1.165, 1.54) is 0 Å². The van der Waals surface area contributed by atoms with Crippen LogP contribution in [0.5, 0.6) is 0 Å². The minimum absolute atomic E-state index is 0.105. The van der Waals surface area contributed by atoms with Gasteiger partial charge in [0, 0.05) is 29.9 Å². The SMILES string of the molecule is NCC(CC(=O)N1CCCC1)c1ccccc1Br. The summed E-state index contributed by atoms with van der Waals surface area (Å²) in [6.45, 7) is 2.32. The van der Waals surface area contributed by atoms with Crippen LogP contribution >= 0.6 is 15.9 Å². The van der Waals surface area contributed by atoms with Crippen LogP contribution in [0.1, 0.15) is 30.7 Å². The maximum Gasteiger partial charge on any atom is 0.223 e. The highest BCUT2D eigenvalue weighted by Gasteiger charge is 2.22. The molecule has 98 valence electrons. The number of halogens is 1. The average Bonchev–Trinajstić information content (AvgIpc) is 2.90. The van der Waals surface area contributed by atoms with Crippen LogP contribution in [0.25, 0.3) is 0 Å². The van der Waals surface area contributed by atoms with Crippen molar-refractivity contribution in [1.29, 1.82) is 0 Å². The summed E-state index contributed by atoms with van der Waals surface area (Å²) in [4.78, 5) is 14.1. The fraction of sp³-hybridized carbons (Fsp3) is 0.500. The van der Waals surface area contributed by atoms with Gasteiger partial charge in [-0.2, -0.15) is 0 Å². The molecule has 1 aliphatic heterocycles. The molecule has 1 saturated heterocycles. The number of carbonyl (C=O) groups excluding carboxylic acids is 1. The molecule has 2 rings (SSSR count). The molecule has 0 radical (unpaired) electrons. The van der Waals surface area contributed by atoms with Crippen molar-refractivity contribution in [2.75, 3.05) is 19.6 Å². The molecule has 1 heterocycles. The molecule has 3 nitrogen and oxygen atoms in total. The number of nitrogens with two attached hydrogens (primary N) is 1. The van der Waals surface area contributed by atoms with Gasteiger partial charge in [-0.1, -0.05) is 34.1 Å². The molecule has 0 saturated carbocycles. The Morgan fingerprint density at radius 2 is 2.00 bits per heavy atom. The van der Waals surface area contributed by atoms with Gasteiger partial charge in [0.05, 0.1) is 0 Å². The summed E-state index contributed by atoms with van der Waals surface area (Å²) in [6, 6.07) is 8.00. The standard InChI is InChI=1S/C14H19BrN2O/c15-13-6-2-1-5-12(13)11(10-16)9-14(18)17-7-3-4-8-17/h1-2,5-6,11H,3-4,7-10,16H2. The first-order chi connectivity index (χ1) is 8.72. The summed E-state index contributed by atoms with van der Waals surface area (Å²) in [6.07, 6.45) is 2.78. The molecule has 18 heavy (non-hydrogen) atoms. The summed E-state index contributed by atoms with van der Waals surface area (Å²) >= 11 is 3.53. The predicted molar refractivity (Wildman–Crippen MR) is 76.4 cm³/mol. The third-order valence-electron chi connectivity index (χ3n) is 3.51. The van der Waals surface area contributed by atoms with Gasteiger partial charge in [0.1, 0.15) is 0 Å². The summed E-state index contributed by atoms with van der Waals surface area (Å²) in [5.74, 6) is 0.340. The second kappa shape index (κ2) is 6.34. The Kier molecular flexibility index (Phi) is 4.78. The Balaban J connectivity index is 2.05. The largest absolute Gasteiger partial charge is 0.343 e. The van der Waals surface area contributed by atoms with E-state index in [9.17, 15) is 4.79 Å². The molecule has 1 amide bonds. The molecule has 1 aliphatic rings. The van der Waals surface area contributed by atoms with E-state index >= 15 is 0 Å². The van der Waals surface area contributed by atoms with Gasteiger partial charge >= 0.3 is 0 Å². The van der Waals surface area contributed by atoms with Gasteiger partial charge in [0.15, 0.2) is 0 Å². The molecule has 0 aliphatic carbocycles. The van der Waals surface area contributed by atoms with Crippen LogP contribution in [0.4, 0.5) is 0 Å². The molecule has 4 heteroatoms. The minimum atomic E-state index is 0.105. The number of hydrogen-bond acceptors (Lipinski definition) is 2. The average molecular weight is 311 g/mol. The van der Waals surface area contributed by atoms with Crippen molar-refractivity contribution in [3.63, 3.8) is 0 Å². The van der Waals surface area contributed by atoms with Crippen molar-refractivity contribution in [1.82, 2.24) is 4.90 Å². The van der Waals surface area contributed by atoms with E-state index in [0.717, 1.165) is 36.0 Å². The lowest BCUT2D eigenvalue weighted by Crippen LogP contribution is -2.30. The molecule has 2 N–H and O–H groups in total. The molecule has 0 bridgehead atoms. The van der Waals surface area contributed by atoms with Crippen LogP contribution in [0.2, 0.25) is 0 Å². The molecular weight excluding hydrogens is 292 g/mol. The lowest BCUT2D eigenvalue weighted by molar-refractivity contribution is -0.130. The monoisotopic (exact) mass is 310 g/mol. The summed E-state index contributed by atoms with van der Waals surface area (Å²) in [5, 5.41) is 0. The first-order valence-corrected chi connectivity index (χ1v) is 7.24. The van der Waals surface area contributed by atoms with E-state index in [1.807, 2.05) is 29.2 Å². The molecule has 1 aromatic rings. The highest BCUT2D eigenvalue weighted by atomic mass is 79.9. The summed E-state index contributed by atoms with van der Waals surface area (Å²) in [7, 11) is 0. The third kappa shape index (κ3) is 3.12. The zero-order valence-electron chi connectivity index (χ0n) is 10.4. The molecule has 1 unspecified atom stereocenters. The van der Waals surface area contributed by atoms with E-state index in [2.05, 4.69) is 15.9 Å². The molecule has 1 fully saturated rings. The second-order valence-corrected chi connectivity index (χ2v) is 5.60. The van der Waals surface area contributed by atoms with Crippen LogP contribution in [0.15, 0.2) is 28.7 Å². The van der Waals surface area contributed by atoms with Crippen molar-refractivity contribution in [3.8, 4) is 0 Å².